The Morgan fingerprint density at radius 3 is 1.74 bits per heavy atom. The van der Waals surface area contributed by atoms with Gasteiger partial charge in [-0.3, -0.25) is 0 Å². The van der Waals surface area contributed by atoms with Gasteiger partial charge in [0.2, 0.25) is 0 Å². The molecule has 0 atom stereocenters. The topological polar surface area (TPSA) is 0 Å². The molecule has 0 aliphatic carbocycles. The Kier molecular flexibility index (Phi) is 7.85. The molecule has 7 aromatic rings. The highest BCUT2D eigenvalue weighted by atomic mass is 14.1. The van der Waals surface area contributed by atoms with E-state index >= 15 is 0 Å². The first kappa shape index (κ1) is 27.7. The summed E-state index contributed by atoms with van der Waals surface area (Å²) in [7, 11) is 0. The van der Waals surface area contributed by atoms with Gasteiger partial charge in [0.1, 0.15) is 0 Å². The molecule has 0 radical (unpaired) electrons. The maximum absolute atomic E-state index is 3.96. The molecule has 0 N–H and O–H groups in total. The Morgan fingerprint density at radius 1 is 0.465 bits per heavy atom. The maximum atomic E-state index is 3.96. The first-order valence-corrected chi connectivity index (χ1v) is 14.6. The lowest BCUT2D eigenvalue weighted by atomic mass is 9.91. The van der Waals surface area contributed by atoms with Crippen LogP contribution in [0.5, 0.6) is 0 Å². The molecule has 7 rings (SSSR count). The fourth-order valence-electron chi connectivity index (χ4n) is 5.82. The fraction of sp³-hybridized carbons (Fsp3) is 0.0233. The predicted molar refractivity (Wildman–Crippen MR) is 191 cm³/mol. The summed E-state index contributed by atoms with van der Waals surface area (Å²) in [5, 5.41) is 9.95. The van der Waals surface area contributed by atoms with Crippen molar-refractivity contribution in [2.24, 2.45) is 0 Å². The van der Waals surface area contributed by atoms with E-state index in [1.54, 1.807) is 0 Å². The van der Waals surface area contributed by atoms with Gasteiger partial charge in [-0.2, -0.15) is 0 Å². The molecule has 0 saturated carbocycles. The van der Waals surface area contributed by atoms with E-state index in [1.807, 2.05) is 37.3 Å². The van der Waals surface area contributed by atoms with Crippen LogP contribution >= 0.6 is 0 Å². The SMILES string of the molecule is C=Cc1ccc(-c2ccc3cc(-c4cc5ccccc5c5ccccc45)ccc3c2)cc1C=C.C=c1cccc/c1=C/C. The molecule has 0 saturated heterocycles. The zero-order valence-electron chi connectivity index (χ0n) is 24.6. The van der Waals surface area contributed by atoms with Crippen molar-refractivity contribution in [2.75, 3.05) is 0 Å². The Morgan fingerprint density at radius 2 is 1.05 bits per heavy atom. The van der Waals surface area contributed by atoms with Crippen LogP contribution in [0.2, 0.25) is 0 Å². The Balaban J connectivity index is 0.000000315. The first-order chi connectivity index (χ1) is 21.1. The summed E-state index contributed by atoms with van der Waals surface area (Å²) in [5.74, 6) is 0. The molecule has 0 bridgehead atoms. The molecular formula is C43H34. The van der Waals surface area contributed by atoms with E-state index in [-0.39, 0.29) is 0 Å². The third kappa shape index (κ3) is 5.56. The van der Waals surface area contributed by atoms with E-state index in [2.05, 4.69) is 141 Å². The fourth-order valence-corrected chi connectivity index (χ4v) is 5.82. The highest BCUT2D eigenvalue weighted by Gasteiger charge is 2.10. The molecule has 0 fully saturated rings. The van der Waals surface area contributed by atoms with Crippen LogP contribution < -0.4 is 10.4 Å². The molecule has 0 aromatic heterocycles. The van der Waals surface area contributed by atoms with Gasteiger partial charge in [0.25, 0.3) is 0 Å². The van der Waals surface area contributed by atoms with Gasteiger partial charge >= 0.3 is 0 Å². The van der Waals surface area contributed by atoms with Gasteiger partial charge in [-0.1, -0.05) is 147 Å². The van der Waals surface area contributed by atoms with Gasteiger partial charge in [0.05, 0.1) is 0 Å². The van der Waals surface area contributed by atoms with Crippen LogP contribution in [0.4, 0.5) is 0 Å². The van der Waals surface area contributed by atoms with Crippen molar-refractivity contribution in [1.82, 2.24) is 0 Å². The molecule has 0 unspecified atom stereocenters. The normalized spacial score (nSPS) is 11.3. The summed E-state index contributed by atoms with van der Waals surface area (Å²) >= 11 is 0. The van der Waals surface area contributed by atoms with Gasteiger partial charge < -0.3 is 0 Å². The quantitative estimate of drug-likeness (QED) is 0.191. The van der Waals surface area contributed by atoms with E-state index in [4.69, 9.17) is 0 Å². The van der Waals surface area contributed by atoms with Crippen molar-refractivity contribution in [3.63, 3.8) is 0 Å². The van der Waals surface area contributed by atoms with Crippen LogP contribution in [-0.2, 0) is 0 Å². The summed E-state index contributed by atoms with van der Waals surface area (Å²) in [5.41, 5.74) is 7.11. The minimum atomic E-state index is 1.10. The van der Waals surface area contributed by atoms with E-state index in [0.29, 0.717) is 0 Å². The number of benzene rings is 7. The first-order valence-electron chi connectivity index (χ1n) is 14.6. The summed E-state index contributed by atoms with van der Waals surface area (Å²) < 4.78 is 0. The van der Waals surface area contributed by atoms with Crippen LogP contribution in [0.25, 0.3) is 79.4 Å². The highest BCUT2D eigenvalue weighted by Crippen LogP contribution is 2.36. The molecular weight excluding hydrogens is 516 g/mol. The third-order valence-electron chi connectivity index (χ3n) is 8.15. The minimum Gasteiger partial charge on any atom is -0.0984 e. The molecule has 0 heterocycles. The number of fused-ring (bicyclic) bond motifs is 4. The molecule has 7 aromatic carbocycles. The molecule has 0 aliphatic rings. The number of rotatable bonds is 4. The summed E-state index contributed by atoms with van der Waals surface area (Å²) in [6.45, 7) is 13.7. The van der Waals surface area contributed by atoms with Crippen molar-refractivity contribution in [3.05, 3.63) is 168 Å². The largest absolute Gasteiger partial charge is 0.0984 e. The lowest BCUT2D eigenvalue weighted by molar-refractivity contribution is 1.52. The molecule has 0 amide bonds. The zero-order chi connectivity index (χ0) is 29.8. The summed E-state index contributed by atoms with van der Waals surface area (Å²) in [4.78, 5) is 0. The van der Waals surface area contributed by atoms with Gasteiger partial charge in [-0.25, -0.2) is 0 Å². The van der Waals surface area contributed by atoms with Gasteiger partial charge in [0, 0.05) is 0 Å². The maximum Gasteiger partial charge on any atom is -0.00988 e. The molecule has 206 valence electrons. The van der Waals surface area contributed by atoms with Crippen molar-refractivity contribution >= 4 is 57.1 Å². The van der Waals surface area contributed by atoms with Crippen LogP contribution in [-0.4, -0.2) is 0 Å². The van der Waals surface area contributed by atoms with Gasteiger partial charge in [-0.05, 0) is 107 Å². The van der Waals surface area contributed by atoms with Gasteiger partial charge in [0.15, 0.2) is 0 Å². The van der Waals surface area contributed by atoms with E-state index in [9.17, 15) is 0 Å². The standard InChI is InChI=1S/C34H24.C9H10/c1-3-23-13-14-25(19-24(23)4-2)26-15-16-28-21-30(18-17-27(28)20-26)34-22-29-9-5-6-10-31(29)32-11-7-8-12-33(32)34;1-3-9-7-5-4-6-8(9)2/h3-22H,1-2H2;3-7H,2H2,1H3/b;9-3-. The second kappa shape index (κ2) is 12.2. The van der Waals surface area contributed by atoms with E-state index in [1.165, 1.54) is 59.8 Å². The van der Waals surface area contributed by atoms with Crippen LogP contribution in [0.1, 0.15) is 18.1 Å². The lowest BCUT2D eigenvalue weighted by Gasteiger charge is -2.12. The van der Waals surface area contributed by atoms with Crippen molar-refractivity contribution in [1.29, 1.82) is 0 Å². The second-order valence-electron chi connectivity index (χ2n) is 10.7. The Bertz CT molecular complexity index is 2250. The Hall–Kier alpha value is -5.46. The van der Waals surface area contributed by atoms with Crippen LogP contribution in [0, 0.1) is 0 Å². The zero-order valence-corrected chi connectivity index (χ0v) is 24.6. The van der Waals surface area contributed by atoms with Crippen molar-refractivity contribution in [3.8, 4) is 22.3 Å². The molecule has 0 spiro atoms. The highest BCUT2D eigenvalue weighted by molar-refractivity contribution is 6.14. The number of hydrogen-bond donors (Lipinski definition) is 0. The second-order valence-corrected chi connectivity index (χ2v) is 10.7. The summed E-state index contributed by atoms with van der Waals surface area (Å²) in [6, 6.07) is 47.7. The van der Waals surface area contributed by atoms with Crippen molar-refractivity contribution < 1.29 is 0 Å². The minimum absolute atomic E-state index is 1.10. The Labute approximate surface area is 253 Å². The lowest BCUT2D eigenvalue weighted by Crippen LogP contribution is -2.20. The molecule has 0 heteroatoms. The monoisotopic (exact) mass is 550 g/mol. The van der Waals surface area contributed by atoms with Crippen LogP contribution in [0.3, 0.4) is 0 Å². The number of hydrogen-bond acceptors (Lipinski definition) is 0. The van der Waals surface area contributed by atoms with E-state index < -0.39 is 0 Å². The smallest absolute Gasteiger partial charge is 0.00988 e. The average Bonchev–Trinajstić information content (AvgIpc) is 3.07. The third-order valence-corrected chi connectivity index (χ3v) is 8.15. The van der Waals surface area contributed by atoms with Crippen molar-refractivity contribution in [2.45, 2.75) is 6.92 Å². The molecule has 43 heavy (non-hydrogen) atoms. The predicted octanol–water partition coefficient (Wildman–Crippen LogP) is 10.7. The molecule has 0 nitrogen and oxygen atoms in total. The van der Waals surface area contributed by atoms with Crippen LogP contribution in [0.15, 0.2) is 147 Å². The summed E-state index contributed by atoms with van der Waals surface area (Å²) in [6.07, 6.45) is 5.82. The molecule has 0 aliphatic heterocycles. The average molecular weight is 551 g/mol. The van der Waals surface area contributed by atoms with E-state index in [0.717, 1.165) is 16.3 Å². The van der Waals surface area contributed by atoms with Gasteiger partial charge in [-0.15, -0.1) is 0 Å².